The Morgan fingerprint density at radius 2 is 1.59 bits per heavy atom. The van der Waals surface area contributed by atoms with Crippen LogP contribution in [0.25, 0.3) is 0 Å². The maximum Gasteiger partial charge on any atom is 0.203 e. The molecule has 2 N–H and O–H groups in total. The topological polar surface area (TPSA) is 60.0 Å². The van der Waals surface area contributed by atoms with Crippen molar-refractivity contribution in [2.75, 3.05) is 26.6 Å². The van der Waals surface area contributed by atoms with Crippen LogP contribution in [0.2, 0.25) is 0 Å². The molecule has 0 saturated heterocycles. The minimum atomic E-state index is 0.273. The number of methoxy groups -OCH3 is 3. The van der Waals surface area contributed by atoms with Crippen LogP contribution in [-0.4, -0.2) is 26.4 Å². The van der Waals surface area contributed by atoms with Gasteiger partial charge in [-0.3, -0.25) is 0 Å². The summed E-state index contributed by atoms with van der Waals surface area (Å²) in [4.78, 5) is 0. The lowest BCUT2D eigenvalue weighted by Crippen LogP contribution is -2.02. The first-order chi connectivity index (χ1) is 10.6. The Bertz CT molecular complexity index is 630. The number of benzene rings is 2. The average Bonchev–Trinajstić information content (AvgIpc) is 2.54. The van der Waals surface area contributed by atoms with Crippen LogP contribution in [0.4, 0.5) is 5.69 Å². The van der Waals surface area contributed by atoms with Gasteiger partial charge in [-0.15, -0.1) is 0 Å². The van der Waals surface area contributed by atoms with Crippen molar-refractivity contribution >= 4 is 5.69 Å². The molecule has 2 rings (SSSR count). The minimum Gasteiger partial charge on any atom is -0.508 e. The number of phenolic OH excluding ortho intramolecular Hbond substituents is 1. The van der Waals surface area contributed by atoms with Gasteiger partial charge in [0.2, 0.25) is 5.75 Å². The Kier molecular flexibility index (Phi) is 4.99. The Labute approximate surface area is 130 Å². The van der Waals surface area contributed by atoms with E-state index in [1.54, 1.807) is 27.4 Å². The summed E-state index contributed by atoms with van der Waals surface area (Å²) in [6, 6.07) is 9.28. The van der Waals surface area contributed by atoms with Crippen LogP contribution >= 0.6 is 0 Å². The highest BCUT2D eigenvalue weighted by atomic mass is 16.5. The first-order valence-corrected chi connectivity index (χ1v) is 6.91. The van der Waals surface area contributed by atoms with Crippen molar-refractivity contribution in [3.05, 3.63) is 41.5 Å². The zero-order chi connectivity index (χ0) is 16.1. The predicted molar refractivity (Wildman–Crippen MR) is 86.3 cm³/mol. The lowest BCUT2D eigenvalue weighted by Gasteiger charge is -2.15. The molecule has 0 atom stereocenters. The SMILES string of the molecule is COc1cc(CNc2ccc(C)c(O)c2)cc(OC)c1OC. The van der Waals surface area contributed by atoms with Gasteiger partial charge in [-0.05, 0) is 36.2 Å². The van der Waals surface area contributed by atoms with Gasteiger partial charge in [0, 0.05) is 18.3 Å². The molecule has 2 aromatic rings. The van der Waals surface area contributed by atoms with E-state index in [0.717, 1.165) is 16.8 Å². The van der Waals surface area contributed by atoms with Gasteiger partial charge in [-0.1, -0.05) is 6.07 Å². The third kappa shape index (κ3) is 3.36. The number of aryl methyl sites for hydroxylation is 1. The molecule has 0 bridgehead atoms. The van der Waals surface area contributed by atoms with E-state index in [4.69, 9.17) is 14.2 Å². The number of aromatic hydroxyl groups is 1. The summed E-state index contributed by atoms with van der Waals surface area (Å²) in [5, 5.41) is 13.0. The molecule has 22 heavy (non-hydrogen) atoms. The molecule has 0 aliphatic heterocycles. The van der Waals surface area contributed by atoms with Gasteiger partial charge in [-0.25, -0.2) is 0 Å². The van der Waals surface area contributed by atoms with Gasteiger partial charge < -0.3 is 24.6 Å². The third-order valence-corrected chi connectivity index (χ3v) is 3.43. The van der Waals surface area contributed by atoms with Crippen molar-refractivity contribution in [3.63, 3.8) is 0 Å². The van der Waals surface area contributed by atoms with Crippen LogP contribution in [-0.2, 0) is 6.54 Å². The zero-order valence-corrected chi connectivity index (χ0v) is 13.3. The summed E-state index contributed by atoms with van der Waals surface area (Å²) in [6.07, 6.45) is 0. The van der Waals surface area contributed by atoms with Gasteiger partial charge in [-0.2, -0.15) is 0 Å². The van der Waals surface area contributed by atoms with Crippen molar-refractivity contribution in [1.29, 1.82) is 0 Å². The van der Waals surface area contributed by atoms with Crippen LogP contribution < -0.4 is 19.5 Å². The summed E-state index contributed by atoms with van der Waals surface area (Å²) in [6.45, 7) is 2.43. The summed E-state index contributed by atoms with van der Waals surface area (Å²) >= 11 is 0. The number of hydrogen-bond acceptors (Lipinski definition) is 5. The second-order valence-electron chi connectivity index (χ2n) is 4.89. The van der Waals surface area contributed by atoms with Gasteiger partial charge in [0.25, 0.3) is 0 Å². The Balaban J connectivity index is 2.20. The standard InChI is InChI=1S/C17H21NO4/c1-11-5-6-13(9-14(11)19)18-10-12-7-15(20-2)17(22-4)16(8-12)21-3/h5-9,18-19H,10H2,1-4H3. The van der Waals surface area contributed by atoms with Crippen molar-refractivity contribution in [3.8, 4) is 23.0 Å². The second kappa shape index (κ2) is 6.93. The highest BCUT2D eigenvalue weighted by molar-refractivity contribution is 5.55. The highest BCUT2D eigenvalue weighted by Gasteiger charge is 2.13. The van der Waals surface area contributed by atoms with Crippen LogP contribution in [0, 0.1) is 6.92 Å². The molecule has 0 radical (unpaired) electrons. The van der Waals surface area contributed by atoms with E-state index < -0.39 is 0 Å². The average molecular weight is 303 g/mol. The molecular formula is C17H21NO4. The maximum atomic E-state index is 9.73. The summed E-state index contributed by atoms with van der Waals surface area (Å²) < 4.78 is 16.0. The Hall–Kier alpha value is -2.56. The molecule has 0 unspecified atom stereocenters. The van der Waals surface area contributed by atoms with Crippen molar-refractivity contribution in [2.45, 2.75) is 13.5 Å². The van der Waals surface area contributed by atoms with Gasteiger partial charge in [0.1, 0.15) is 5.75 Å². The molecule has 0 heterocycles. The van der Waals surface area contributed by atoms with E-state index in [1.807, 2.05) is 31.2 Å². The minimum absolute atomic E-state index is 0.273. The number of rotatable bonds is 6. The van der Waals surface area contributed by atoms with Crippen LogP contribution in [0.3, 0.4) is 0 Å². The van der Waals surface area contributed by atoms with E-state index >= 15 is 0 Å². The molecule has 0 amide bonds. The molecule has 2 aromatic carbocycles. The molecule has 0 aliphatic carbocycles. The summed E-state index contributed by atoms with van der Waals surface area (Å²) in [7, 11) is 4.76. The molecule has 0 spiro atoms. The number of phenols is 1. The fourth-order valence-corrected chi connectivity index (χ4v) is 2.16. The lowest BCUT2D eigenvalue weighted by molar-refractivity contribution is 0.324. The van der Waals surface area contributed by atoms with E-state index in [0.29, 0.717) is 23.8 Å². The maximum absolute atomic E-state index is 9.73. The van der Waals surface area contributed by atoms with Crippen molar-refractivity contribution in [2.24, 2.45) is 0 Å². The number of anilines is 1. The molecule has 0 aliphatic rings. The largest absolute Gasteiger partial charge is 0.508 e. The van der Waals surface area contributed by atoms with Gasteiger partial charge in [0.15, 0.2) is 11.5 Å². The summed E-state index contributed by atoms with van der Waals surface area (Å²) in [5.41, 5.74) is 2.67. The quantitative estimate of drug-likeness (QED) is 0.857. The Morgan fingerprint density at radius 1 is 0.955 bits per heavy atom. The molecule has 5 nitrogen and oxygen atoms in total. The summed E-state index contributed by atoms with van der Waals surface area (Å²) in [5.74, 6) is 2.08. The monoisotopic (exact) mass is 303 g/mol. The molecule has 0 saturated carbocycles. The Morgan fingerprint density at radius 3 is 2.09 bits per heavy atom. The van der Waals surface area contributed by atoms with E-state index in [9.17, 15) is 5.11 Å². The molecule has 5 heteroatoms. The van der Waals surface area contributed by atoms with E-state index in [2.05, 4.69) is 5.32 Å². The highest BCUT2D eigenvalue weighted by Crippen LogP contribution is 2.38. The zero-order valence-electron chi connectivity index (χ0n) is 13.3. The normalized spacial score (nSPS) is 10.2. The van der Waals surface area contributed by atoms with Gasteiger partial charge >= 0.3 is 0 Å². The van der Waals surface area contributed by atoms with Crippen LogP contribution in [0.5, 0.6) is 23.0 Å². The van der Waals surface area contributed by atoms with E-state index in [1.165, 1.54) is 0 Å². The second-order valence-corrected chi connectivity index (χ2v) is 4.89. The predicted octanol–water partition coefficient (Wildman–Crippen LogP) is 3.34. The number of hydrogen-bond donors (Lipinski definition) is 2. The third-order valence-electron chi connectivity index (χ3n) is 3.43. The molecular weight excluding hydrogens is 282 g/mol. The number of nitrogens with one attached hydrogen (secondary N) is 1. The smallest absolute Gasteiger partial charge is 0.203 e. The first kappa shape index (κ1) is 15.8. The fraction of sp³-hybridized carbons (Fsp3) is 0.294. The molecule has 0 fully saturated rings. The fourth-order valence-electron chi connectivity index (χ4n) is 2.16. The first-order valence-electron chi connectivity index (χ1n) is 6.91. The molecule has 118 valence electrons. The number of ether oxygens (including phenoxy) is 3. The van der Waals surface area contributed by atoms with Crippen molar-refractivity contribution < 1.29 is 19.3 Å². The van der Waals surface area contributed by atoms with Crippen molar-refractivity contribution in [1.82, 2.24) is 0 Å². The van der Waals surface area contributed by atoms with Crippen LogP contribution in [0.15, 0.2) is 30.3 Å². The molecule has 0 aromatic heterocycles. The van der Waals surface area contributed by atoms with E-state index in [-0.39, 0.29) is 5.75 Å². The van der Waals surface area contributed by atoms with Crippen LogP contribution in [0.1, 0.15) is 11.1 Å². The lowest BCUT2D eigenvalue weighted by atomic mass is 10.1. The van der Waals surface area contributed by atoms with Gasteiger partial charge in [0.05, 0.1) is 21.3 Å².